The van der Waals surface area contributed by atoms with E-state index in [1.165, 1.54) is 26.0 Å². The molecule has 1 fully saturated rings. The predicted molar refractivity (Wildman–Crippen MR) is 115 cm³/mol. The van der Waals surface area contributed by atoms with Gasteiger partial charge in [-0.1, -0.05) is 23.4 Å². The highest BCUT2D eigenvalue weighted by atomic mass is 32.2. The highest BCUT2D eigenvalue weighted by molar-refractivity contribution is 7.92. The van der Waals surface area contributed by atoms with Gasteiger partial charge in [0, 0.05) is 5.56 Å². The van der Waals surface area contributed by atoms with Crippen LogP contribution in [0.3, 0.4) is 0 Å². The molecule has 2 heterocycles. The number of hydrogen-bond acceptors (Lipinski definition) is 7. The van der Waals surface area contributed by atoms with E-state index in [9.17, 15) is 22.4 Å². The van der Waals surface area contributed by atoms with E-state index in [1.807, 2.05) is 0 Å². The molecule has 1 amide bonds. The predicted octanol–water partition coefficient (Wildman–Crippen LogP) is 2.86. The molecule has 1 aromatic rings. The number of β-lactam (4-membered cyclic amide) rings is 1. The summed E-state index contributed by atoms with van der Waals surface area (Å²) in [6, 6.07) is 6.06. The molecule has 172 valence electrons. The summed E-state index contributed by atoms with van der Waals surface area (Å²) in [5.74, 6) is -2.18. The van der Waals surface area contributed by atoms with Gasteiger partial charge >= 0.3 is 5.97 Å². The number of benzene rings is 1. The van der Waals surface area contributed by atoms with Crippen LogP contribution in [0.5, 0.6) is 0 Å². The number of carbonyl (C=O) groups is 2. The number of allylic oxidation sites excluding steroid dienone is 1. The lowest BCUT2D eigenvalue weighted by Gasteiger charge is -2.45. The Morgan fingerprint density at radius 2 is 1.97 bits per heavy atom. The molecule has 32 heavy (non-hydrogen) atoms. The van der Waals surface area contributed by atoms with E-state index in [-0.39, 0.29) is 34.9 Å². The molecule has 0 bridgehead atoms. The third kappa shape index (κ3) is 4.74. The smallest absolute Gasteiger partial charge is 0.355 e. The van der Waals surface area contributed by atoms with Gasteiger partial charge in [0.05, 0.1) is 17.0 Å². The van der Waals surface area contributed by atoms with Gasteiger partial charge in [-0.3, -0.25) is 9.69 Å². The fraction of sp³-hybridized carbons (Fsp3) is 0.409. The van der Waals surface area contributed by atoms with Gasteiger partial charge in [0.2, 0.25) is 0 Å². The van der Waals surface area contributed by atoms with E-state index in [1.54, 1.807) is 39.0 Å². The maximum atomic E-state index is 13.6. The van der Waals surface area contributed by atoms with Crippen LogP contribution in [-0.2, 0) is 35.6 Å². The number of halogens is 1. The van der Waals surface area contributed by atoms with Crippen LogP contribution in [0, 0.1) is 5.82 Å². The Morgan fingerprint density at radius 1 is 1.31 bits per heavy atom. The highest BCUT2D eigenvalue weighted by Crippen LogP contribution is 2.40. The van der Waals surface area contributed by atoms with Crippen molar-refractivity contribution in [1.29, 1.82) is 0 Å². The van der Waals surface area contributed by atoms with Gasteiger partial charge in [0.1, 0.15) is 23.7 Å². The second-order valence-electron chi connectivity index (χ2n) is 8.66. The fourth-order valence-corrected chi connectivity index (χ4v) is 5.43. The first-order valence-electron chi connectivity index (χ1n) is 9.91. The number of hydrogen-bond donors (Lipinski definition) is 0. The van der Waals surface area contributed by atoms with Gasteiger partial charge in [-0.2, -0.15) is 0 Å². The van der Waals surface area contributed by atoms with Crippen LogP contribution < -0.4 is 0 Å². The van der Waals surface area contributed by atoms with Crippen molar-refractivity contribution < 1.29 is 32.0 Å². The Kier molecular flexibility index (Phi) is 6.28. The molecule has 1 aromatic carbocycles. The molecule has 0 saturated carbocycles. The number of rotatable bonds is 5. The molecule has 1 saturated heterocycles. The van der Waals surface area contributed by atoms with Gasteiger partial charge in [-0.15, -0.1) is 0 Å². The van der Waals surface area contributed by atoms with E-state index in [4.69, 9.17) is 9.57 Å². The van der Waals surface area contributed by atoms with Gasteiger partial charge in [-0.25, -0.2) is 17.6 Å². The zero-order valence-electron chi connectivity index (χ0n) is 18.5. The largest absolute Gasteiger partial charge is 0.455 e. The molecule has 0 N–H and O–H groups in total. The molecule has 0 radical (unpaired) electrons. The first kappa shape index (κ1) is 23.6. The van der Waals surface area contributed by atoms with Crippen molar-refractivity contribution in [2.24, 2.45) is 5.16 Å². The van der Waals surface area contributed by atoms with Crippen LogP contribution in [-0.4, -0.2) is 47.6 Å². The monoisotopic (exact) mass is 464 g/mol. The van der Waals surface area contributed by atoms with E-state index in [0.717, 1.165) is 4.90 Å². The first-order chi connectivity index (χ1) is 14.8. The number of esters is 1. The quantitative estimate of drug-likeness (QED) is 0.218. The highest BCUT2D eigenvalue weighted by Gasteiger charge is 2.56. The van der Waals surface area contributed by atoms with Crippen molar-refractivity contribution in [2.75, 3.05) is 5.75 Å². The molecule has 0 aliphatic carbocycles. The number of sulfone groups is 1. The summed E-state index contributed by atoms with van der Waals surface area (Å²) in [6.07, 6.45) is 1.30. The van der Waals surface area contributed by atoms with Gasteiger partial charge < -0.3 is 9.57 Å². The van der Waals surface area contributed by atoms with Crippen molar-refractivity contribution in [1.82, 2.24) is 4.90 Å². The number of ether oxygens (including phenoxy) is 1. The van der Waals surface area contributed by atoms with E-state index in [0.29, 0.717) is 5.56 Å². The summed E-state index contributed by atoms with van der Waals surface area (Å²) < 4.78 is 44.5. The van der Waals surface area contributed by atoms with Crippen molar-refractivity contribution in [2.45, 2.75) is 52.2 Å². The maximum absolute atomic E-state index is 13.6. The van der Waals surface area contributed by atoms with Gasteiger partial charge in [0.15, 0.2) is 15.2 Å². The standard InChI is InChI=1S/C22H25FN2O6S/c1-13-12-32(28,29)20-16(19(26)25(20)18(13)21(27)31-22(3,4)5)10-14(2)24-30-11-15-8-6-7-9-17(15)23/h6-10,20H,11-12H2,1-5H3/b16-10-,24-14-. The first-order valence-corrected chi connectivity index (χ1v) is 11.6. The Labute approximate surface area is 186 Å². The molecule has 2 aliphatic rings. The molecule has 2 aliphatic heterocycles. The fourth-order valence-electron chi connectivity index (χ4n) is 3.45. The molecule has 0 aromatic heterocycles. The lowest BCUT2D eigenvalue weighted by atomic mass is 10.0. The summed E-state index contributed by atoms with van der Waals surface area (Å²) in [5.41, 5.74) is -0.0884. The second kappa shape index (κ2) is 8.50. The number of nitrogens with zero attached hydrogens (tertiary/aromatic N) is 2. The van der Waals surface area contributed by atoms with Crippen LogP contribution in [0.25, 0.3) is 0 Å². The summed E-state index contributed by atoms with van der Waals surface area (Å²) in [5, 5.41) is 2.53. The molecule has 8 nitrogen and oxygen atoms in total. The van der Waals surface area contributed by atoms with Crippen LogP contribution in [0.15, 0.2) is 52.3 Å². The molecule has 1 atom stereocenters. The second-order valence-corrected chi connectivity index (χ2v) is 10.7. The Morgan fingerprint density at radius 3 is 2.59 bits per heavy atom. The maximum Gasteiger partial charge on any atom is 0.355 e. The van der Waals surface area contributed by atoms with Crippen molar-refractivity contribution in [3.05, 3.63) is 58.6 Å². The van der Waals surface area contributed by atoms with E-state index >= 15 is 0 Å². The Bertz CT molecular complexity index is 1160. The number of oxime groups is 1. The lowest BCUT2D eigenvalue weighted by molar-refractivity contribution is -0.155. The molecule has 3 rings (SSSR count). The van der Waals surface area contributed by atoms with Crippen LogP contribution >= 0.6 is 0 Å². The zero-order chi connectivity index (χ0) is 23.8. The number of fused-ring (bicyclic) bond motifs is 1. The minimum absolute atomic E-state index is 0.0192. The minimum atomic E-state index is -3.75. The molecular formula is C22H25FN2O6S. The Balaban J connectivity index is 1.82. The van der Waals surface area contributed by atoms with Gasteiger partial charge in [0.25, 0.3) is 5.91 Å². The summed E-state index contributed by atoms with van der Waals surface area (Å²) >= 11 is 0. The lowest BCUT2D eigenvalue weighted by Crippen LogP contribution is -2.62. The number of carbonyl (C=O) groups excluding carboxylic acids is 2. The van der Waals surface area contributed by atoms with E-state index < -0.39 is 38.5 Å². The van der Waals surface area contributed by atoms with E-state index in [2.05, 4.69) is 5.16 Å². The molecule has 0 spiro atoms. The summed E-state index contributed by atoms with van der Waals surface area (Å²) in [7, 11) is -3.75. The summed E-state index contributed by atoms with van der Waals surface area (Å²) in [6.45, 7) is 7.94. The van der Waals surface area contributed by atoms with Crippen molar-refractivity contribution in [3.63, 3.8) is 0 Å². The van der Waals surface area contributed by atoms with Crippen LogP contribution in [0.4, 0.5) is 4.39 Å². The number of amides is 1. The van der Waals surface area contributed by atoms with Gasteiger partial charge in [-0.05, 0) is 52.3 Å². The summed E-state index contributed by atoms with van der Waals surface area (Å²) in [4.78, 5) is 31.5. The Hall–Kier alpha value is -3.01. The SMILES string of the molecule is CC1=C(C(=O)OC(C)(C)C)N2C(=O)/C(=C/C(C)=N\OCc3ccccc3F)C2S(=O)(=O)C1. The van der Waals surface area contributed by atoms with Crippen molar-refractivity contribution in [3.8, 4) is 0 Å². The molecule has 1 unspecified atom stereocenters. The van der Waals surface area contributed by atoms with Crippen LogP contribution in [0.1, 0.15) is 40.2 Å². The molecule has 10 heteroatoms. The average Bonchev–Trinajstić information content (AvgIpc) is 2.65. The van der Waals surface area contributed by atoms with Crippen LogP contribution in [0.2, 0.25) is 0 Å². The third-order valence-electron chi connectivity index (χ3n) is 4.71. The normalized spacial score (nSPS) is 21.9. The minimum Gasteiger partial charge on any atom is -0.455 e. The average molecular weight is 465 g/mol. The van der Waals surface area contributed by atoms with Crippen molar-refractivity contribution >= 4 is 27.4 Å². The zero-order valence-corrected chi connectivity index (χ0v) is 19.3. The topological polar surface area (TPSA) is 102 Å². The molecular weight excluding hydrogens is 439 g/mol. The third-order valence-corrected chi connectivity index (χ3v) is 6.69.